The van der Waals surface area contributed by atoms with Gasteiger partial charge in [-0.05, 0) is 43.9 Å². The molecule has 158 valence electrons. The summed E-state index contributed by atoms with van der Waals surface area (Å²) in [6.07, 6.45) is 5.28. The number of rotatable bonds is 4. The fraction of sp³-hybridized carbons (Fsp3) is 0.600. The molecule has 9 heteroatoms. The third-order valence-electron chi connectivity index (χ3n) is 5.99. The van der Waals surface area contributed by atoms with Gasteiger partial charge in [0.1, 0.15) is 18.4 Å². The maximum atomic E-state index is 13.4. The number of anilines is 1. The molecule has 4 rings (SSSR count). The molecule has 2 amide bonds. The molecule has 2 aliphatic heterocycles. The Morgan fingerprint density at radius 2 is 1.86 bits per heavy atom. The molecule has 2 fully saturated rings. The number of carbonyl (C=O) groups is 2. The van der Waals surface area contributed by atoms with Gasteiger partial charge in [0.15, 0.2) is 0 Å². The normalized spacial score (nSPS) is 22.9. The number of sulfonamides is 1. The van der Waals surface area contributed by atoms with Gasteiger partial charge < -0.3 is 15.0 Å². The van der Waals surface area contributed by atoms with Crippen LogP contribution in [0.25, 0.3) is 0 Å². The van der Waals surface area contributed by atoms with Gasteiger partial charge >= 0.3 is 0 Å². The number of hydrogen-bond acceptors (Lipinski definition) is 5. The molecule has 1 saturated carbocycles. The van der Waals surface area contributed by atoms with E-state index in [-0.39, 0.29) is 22.8 Å². The van der Waals surface area contributed by atoms with Gasteiger partial charge in [-0.25, -0.2) is 8.42 Å². The van der Waals surface area contributed by atoms with Crippen molar-refractivity contribution in [3.8, 4) is 5.75 Å². The number of fused-ring (bicyclic) bond motifs is 1. The Bertz CT molecular complexity index is 911. The predicted molar refractivity (Wildman–Crippen MR) is 107 cm³/mol. The topological polar surface area (TPSA) is 96.0 Å². The smallest absolute Gasteiger partial charge is 0.243 e. The first-order valence-corrected chi connectivity index (χ1v) is 11.7. The molecule has 1 aromatic rings. The molecule has 1 unspecified atom stereocenters. The number of amides is 2. The van der Waals surface area contributed by atoms with Crippen LogP contribution in [-0.2, 0) is 19.6 Å². The Hall–Kier alpha value is -2.13. The van der Waals surface area contributed by atoms with Crippen LogP contribution in [0.1, 0.15) is 45.4 Å². The highest BCUT2D eigenvalue weighted by atomic mass is 32.2. The van der Waals surface area contributed by atoms with Crippen molar-refractivity contribution in [1.82, 2.24) is 9.62 Å². The van der Waals surface area contributed by atoms with Crippen molar-refractivity contribution in [2.75, 3.05) is 24.6 Å². The van der Waals surface area contributed by atoms with E-state index in [9.17, 15) is 18.0 Å². The fourth-order valence-electron chi connectivity index (χ4n) is 4.48. The molecule has 0 aromatic heterocycles. The van der Waals surface area contributed by atoms with Crippen LogP contribution in [0.2, 0.25) is 0 Å². The molecule has 1 saturated heterocycles. The summed E-state index contributed by atoms with van der Waals surface area (Å²) in [7, 11) is -3.87. The number of carbonyl (C=O) groups excluding carboxylic acids is 2. The lowest BCUT2D eigenvalue weighted by Gasteiger charge is -2.30. The number of nitrogens with zero attached hydrogens (tertiary/aromatic N) is 2. The molecule has 0 spiro atoms. The second kappa shape index (κ2) is 7.95. The molecule has 1 aliphatic carbocycles. The van der Waals surface area contributed by atoms with Crippen molar-refractivity contribution in [2.24, 2.45) is 0 Å². The van der Waals surface area contributed by atoms with Crippen molar-refractivity contribution in [3.05, 3.63) is 18.2 Å². The summed E-state index contributed by atoms with van der Waals surface area (Å²) in [5.74, 6) is 0.117. The van der Waals surface area contributed by atoms with Gasteiger partial charge in [-0.2, -0.15) is 4.31 Å². The number of hydrogen-bond donors (Lipinski definition) is 1. The zero-order valence-corrected chi connectivity index (χ0v) is 17.4. The van der Waals surface area contributed by atoms with Gasteiger partial charge in [-0.3, -0.25) is 9.59 Å². The summed E-state index contributed by atoms with van der Waals surface area (Å²) in [6, 6.07) is 4.02. The van der Waals surface area contributed by atoms with E-state index in [2.05, 4.69) is 5.32 Å². The SMILES string of the molecule is CC(=O)N1CCOc2ccc(S(=O)(=O)N3CCCC3C(=O)NC3CCCC3)cc21. The van der Waals surface area contributed by atoms with Gasteiger partial charge in [0.05, 0.1) is 17.1 Å². The van der Waals surface area contributed by atoms with E-state index in [1.165, 1.54) is 28.3 Å². The Kier molecular flexibility index (Phi) is 5.52. The second-order valence-electron chi connectivity index (χ2n) is 7.91. The molecule has 3 aliphatic rings. The summed E-state index contributed by atoms with van der Waals surface area (Å²) in [5.41, 5.74) is 0.455. The van der Waals surface area contributed by atoms with Crippen LogP contribution >= 0.6 is 0 Å². The first-order valence-electron chi connectivity index (χ1n) is 10.2. The molecule has 29 heavy (non-hydrogen) atoms. The Morgan fingerprint density at radius 1 is 1.10 bits per heavy atom. The van der Waals surface area contributed by atoms with Crippen LogP contribution < -0.4 is 15.0 Å². The van der Waals surface area contributed by atoms with Gasteiger partial charge in [0.2, 0.25) is 21.8 Å². The molecule has 8 nitrogen and oxygen atoms in total. The zero-order valence-electron chi connectivity index (χ0n) is 16.6. The predicted octanol–water partition coefficient (Wildman–Crippen LogP) is 1.64. The minimum Gasteiger partial charge on any atom is -0.490 e. The van der Waals surface area contributed by atoms with Crippen molar-refractivity contribution >= 4 is 27.5 Å². The van der Waals surface area contributed by atoms with E-state index in [4.69, 9.17) is 4.74 Å². The van der Waals surface area contributed by atoms with E-state index in [0.29, 0.717) is 44.0 Å². The van der Waals surface area contributed by atoms with E-state index >= 15 is 0 Å². The minimum absolute atomic E-state index is 0.0774. The molecule has 2 heterocycles. The van der Waals surface area contributed by atoms with E-state index in [1.54, 1.807) is 6.07 Å². The number of nitrogens with one attached hydrogen (secondary N) is 1. The Balaban J connectivity index is 1.59. The maximum Gasteiger partial charge on any atom is 0.243 e. The summed E-state index contributed by atoms with van der Waals surface area (Å²) >= 11 is 0. The van der Waals surface area contributed by atoms with Gasteiger partial charge in [0.25, 0.3) is 0 Å². The molecule has 1 atom stereocenters. The van der Waals surface area contributed by atoms with Crippen LogP contribution in [0.5, 0.6) is 5.75 Å². The molecule has 1 N–H and O–H groups in total. The largest absolute Gasteiger partial charge is 0.490 e. The van der Waals surface area contributed by atoms with E-state index < -0.39 is 16.1 Å². The van der Waals surface area contributed by atoms with Crippen molar-refractivity contribution in [1.29, 1.82) is 0 Å². The monoisotopic (exact) mass is 421 g/mol. The highest BCUT2D eigenvalue weighted by Crippen LogP contribution is 2.36. The van der Waals surface area contributed by atoms with Crippen LogP contribution in [0.15, 0.2) is 23.1 Å². The lowest BCUT2D eigenvalue weighted by atomic mass is 10.2. The standard InChI is InChI=1S/C20H27N3O5S/c1-14(24)22-11-12-28-19-9-8-16(13-18(19)22)29(26,27)23-10-4-7-17(23)20(25)21-15-5-2-3-6-15/h8-9,13,15,17H,2-7,10-12H2,1H3,(H,21,25). The maximum absolute atomic E-state index is 13.4. The van der Waals surface area contributed by atoms with Gasteiger partial charge in [-0.1, -0.05) is 12.8 Å². The highest BCUT2D eigenvalue weighted by molar-refractivity contribution is 7.89. The van der Waals surface area contributed by atoms with Crippen LogP contribution in [0.3, 0.4) is 0 Å². The summed E-state index contributed by atoms with van der Waals surface area (Å²) < 4.78 is 33.6. The molecule has 0 radical (unpaired) electrons. The van der Waals surface area contributed by atoms with Crippen LogP contribution in [-0.4, -0.2) is 56.3 Å². The fourth-order valence-corrected chi connectivity index (χ4v) is 6.15. The summed E-state index contributed by atoms with van der Waals surface area (Å²) in [6.45, 7) is 2.51. The van der Waals surface area contributed by atoms with E-state index in [1.807, 2.05) is 0 Å². The van der Waals surface area contributed by atoms with Crippen molar-refractivity contribution < 1.29 is 22.7 Å². The van der Waals surface area contributed by atoms with Crippen molar-refractivity contribution in [2.45, 2.75) is 62.4 Å². The van der Waals surface area contributed by atoms with Gasteiger partial charge in [-0.15, -0.1) is 0 Å². The summed E-state index contributed by atoms with van der Waals surface area (Å²) in [4.78, 5) is 26.3. The first-order chi connectivity index (χ1) is 13.9. The molecule has 0 bridgehead atoms. The molecule has 1 aromatic carbocycles. The highest BCUT2D eigenvalue weighted by Gasteiger charge is 2.40. The van der Waals surface area contributed by atoms with Crippen LogP contribution in [0.4, 0.5) is 5.69 Å². The molecular weight excluding hydrogens is 394 g/mol. The average Bonchev–Trinajstić information content (AvgIpc) is 3.39. The average molecular weight is 422 g/mol. The second-order valence-corrected chi connectivity index (χ2v) is 9.80. The van der Waals surface area contributed by atoms with Crippen molar-refractivity contribution in [3.63, 3.8) is 0 Å². The third-order valence-corrected chi connectivity index (χ3v) is 7.89. The Labute approximate surface area is 171 Å². The number of benzene rings is 1. The molecular formula is C20H27N3O5S. The first kappa shape index (κ1) is 20.2. The van der Waals surface area contributed by atoms with Gasteiger partial charge in [0, 0.05) is 19.5 Å². The van der Waals surface area contributed by atoms with E-state index in [0.717, 1.165) is 25.7 Å². The third kappa shape index (κ3) is 3.85. The van der Waals surface area contributed by atoms with Crippen LogP contribution in [0, 0.1) is 0 Å². The quantitative estimate of drug-likeness (QED) is 0.797. The zero-order chi connectivity index (χ0) is 20.6. The minimum atomic E-state index is -3.87. The lowest BCUT2D eigenvalue weighted by molar-refractivity contribution is -0.124. The lowest BCUT2D eigenvalue weighted by Crippen LogP contribution is -2.48. The Morgan fingerprint density at radius 3 is 2.59 bits per heavy atom. The summed E-state index contributed by atoms with van der Waals surface area (Å²) in [5, 5.41) is 3.03. The number of ether oxygens (including phenoxy) is 1.